The van der Waals surface area contributed by atoms with Gasteiger partial charge in [0.15, 0.2) is 5.79 Å². The van der Waals surface area contributed by atoms with Gasteiger partial charge in [0.1, 0.15) is 0 Å². The summed E-state index contributed by atoms with van der Waals surface area (Å²) in [6.45, 7) is 3.17. The molecule has 0 bridgehead atoms. The lowest BCUT2D eigenvalue weighted by Gasteiger charge is -2.22. The van der Waals surface area contributed by atoms with Gasteiger partial charge < -0.3 is 14.2 Å². The lowest BCUT2D eigenvalue weighted by molar-refractivity contribution is -0.153. The van der Waals surface area contributed by atoms with Crippen molar-refractivity contribution in [2.45, 2.75) is 57.3 Å². The van der Waals surface area contributed by atoms with Crippen LogP contribution in [0.4, 0.5) is 0 Å². The van der Waals surface area contributed by atoms with E-state index in [0.29, 0.717) is 5.92 Å². The zero-order chi connectivity index (χ0) is 17.0. The summed E-state index contributed by atoms with van der Waals surface area (Å²) in [6.07, 6.45) is 11.0. The van der Waals surface area contributed by atoms with Crippen LogP contribution >= 0.6 is 0 Å². The molecule has 0 amide bonds. The van der Waals surface area contributed by atoms with Gasteiger partial charge in [0, 0.05) is 19.4 Å². The number of rotatable bonds is 8. The fourth-order valence-electron chi connectivity index (χ4n) is 4.70. The molecule has 1 heterocycles. The summed E-state index contributed by atoms with van der Waals surface area (Å²) in [5.41, 5.74) is 2.94. The Labute approximate surface area is 151 Å². The Bertz CT molecular complexity index is 574. The van der Waals surface area contributed by atoms with E-state index in [2.05, 4.69) is 30.3 Å². The van der Waals surface area contributed by atoms with E-state index in [9.17, 15) is 0 Å². The normalized spacial score (nSPS) is 27.0. The van der Waals surface area contributed by atoms with E-state index in [0.717, 1.165) is 51.6 Å². The second-order valence-electron chi connectivity index (χ2n) is 7.82. The average Bonchev–Trinajstić information content (AvgIpc) is 3.31. The summed E-state index contributed by atoms with van der Waals surface area (Å²) in [5.74, 6) is 1.25. The SMILES string of the molecule is C1=C(CCCCCOCc2ccccc2)C[C@H]2CC3(C[C@@H]12)OCCO3. The summed E-state index contributed by atoms with van der Waals surface area (Å²) in [5, 5.41) is 0. The Kier molecular flexibility index (Phi) is 5.54. The first-order valence-electron chi connectivity index (χ1n) is 9.92. The Balaban J connectivity index is 1.08. The van der Waals surface area contributed by atoms with Crippen LogP contribution < -0.4 is 0 Å². The molecule has 0 radical (unpaired) electrons. The van der Waals surface area contributed by atoms with Gasteiger partial charge in [-0.15, -0.1) is 0 Å². The third-order valence-corrected chi connectivity index (χ3v) is 5.91. The number of benzene rings is 1. The van der Waals surface area contributed by atoms with Crippen LogP contribution in [0.15, 0.2) is 42.0 Å². The Morgan fingerprint density at radius 2 is 1.84 bits per heavy atom. The average molecular weight is 342 g/mol. The molecule has 3 aliphatic rings. The monoisotopic (exact) mass is 342 g/mol. The molecule has 3 nitrogen and oxygen atoms in total. The van der Waals surface area contributed by atoms with Gasteiger partial charge in [-0.1, -0.05) is 48.4 Å². The molecule has 2 aliphatic carbocycles. The first-order chi connectivity index (χ1) is 12.3. The molecule has 1 aromatic rings. The summed E-state index contributed by atoms with van der Waals surface area (Å²) < 4.78 is 17.5. The van der Waals surface area contributed by atoms with Gasteiger partial charge in [-0.2, -0.15) is 0 Å². The second kappa shape index (κ2) is 8.03. The van der Waals surface area contributed by atoms with Crippen molar-refractivity contribution in [3.63, 3.8) is 0 Å². The van der Waals surface area contributed by atoms with Gasteiger partial charge in [-0.3, -0.25) is 0 Å². The predicted molar refractivity (Wildman–Crippen MR) is 98.1 cm³/mol. The summed E-state index contributed by atoms with van der Waals surface area (Å²) in [4.78, 5) is 0. The molecule has 25 heavy (non-hydrogen) atoms. The van der Waals surface area contributed by atoms with Crippen LogP contribution in [-0.4, -0.2) is 25.6 Å². The van der Waals surface area contributed by atoms with Crippen molar-refractivity contribution in [3.05, 3.63) is 47.5 Å². The van der Waals surface area contributed by atoms with Crippen LogP contribution in [0.2, 0.25) is 0 Å². The lowest BCUT2D eigenvalue weighted by Crippen LogP contribution is -2.26. The van der Waals surface area contributed by atoms with Crippen LogP contribution in [0.5, 0.6) is 0 Å². The molecule has 1 saturated heterocycles. The first kappa shape index (κ1) is 17.3. The van der Waals surface area contributed by atoms with Gasteiger partial charge in [0.2, 0.25) is 0 Å². The van der Waals surface area contributed by atoms with Gasteiger partial charge in [-0.05, 0) is 43.1 Å². The van der Waals surface area contributed by atoms with Gasteiger partial charge >= 0.3 is 0 Å². The standard InChI is InChI=1S/C22H30O3/c1-3-7-18(8-4-1)17-23-10-6-2-5-9-19-13-20-15-22(16-21(20)14-19)24-11-12-25-22/h1,3-4,7-8,13,20-21H,2,5-6,9-12,14-17H2/t20-,21+/m1/s1. The largest absolute Gasteiger partial charge is 0.377 e. The maximum atomic E-state index is 5.88. The number of hydrogen-bond acceptors (Lipinski definition) is 3. The molecule has 1 aliphatic heterocycles. The molecule has 136 valence electrons. The zero-order valence-corrected chi connectivity index (χ0v) is 15.1. The summed E-state index contributed by atoms with van der Waals surface area (Å²) in [6, 6.07) is 10.4. The molecule has 1 aromatic carbocycles. The summed E-state index contributed by atoms with van der Waals surface area (Å²) >= 11 is 0. The van der Waals surface area contributed by atoms with Crippen LogP contribution in [0.25, 0.3) is 0 Å². The molecule has 3 heteroatoms. The highest BCUT2D eigenvalue weighted by Gasteiger charge is 2.50. The third kappa shape index (κ3) is 4.33. The highest BCUT2D eigenvalue weighted by Crippen LogP contribution is 2.51. The van der Waals surface area contributed by atoms with E-state index in [1.807, 2.05) is 6.07 Å². The minimum absolute atomic E-state index is 0.215. The van der Waals surface area contributed by atoms with Crippen LogP contribution in [-0.2, 0) is 20.8 Å². The Hall–Kier alpha value is -1.16. The van der Waals surface area contributed by atoms with E-state index in [-0.39, 0.29) is 5.79 Å². The van der Waals surface area contributed by atoms with Crippen LogP contribution in [0.1, 0.15) is 50.5 Å². The van der Waals surface area contributed by atoms with Crippen molar-refractivity contribution in [2.75, 3.05) is 19.8 Å². The van der Waals surface area contributed by atoms with E-state index < -0.39 is 0 Å². The number of allylic oxidation sites excluding steroid dienone is 2. The zero-order valence-electron chi connectivity index (χ0n) is 15.1. The lowest BCUT2D eigenvalue weighted by atomic mass is 9.98. The van der Waals surface area contributed by atoms with E-state index >= 15 is 0 Å². The Morgan fingerprint density at radius 3 is 2.64 bits per heavy atom. The van der Waals surface area contributed by atoms with E-state index in [1.165, 1.54) is 31.2 Å². The number of hydrogen-bond donors (Lipinski definition) is 0. The van der Waals surface area contributed by atoms with Crippen molar-refractivity contribution in [1.82, 2.24) is 0 Å². The van der Waals surface area contributed by atoms with Crippen molar-refractivity contribution >= 4 is 0 Å². The Morgan fingerprint density at radius 1 is 1.00 bits per heavy atom. The number of ether oxygens (including phenoxy) is 3. The number of unbranched alkanes of at least 4 members (excludes halogenated alkanes) is 2. The highest BCUT2D eigenvalue weighted by molar-refractivity contribution is 5.18. The molecule has 0 aromatic heterocycles. The quantitative estimate of drug-likeness (QED) is 0.499. The third-order valence-electron chi connectivity index (χ3n) is 5.91. The molecule has 2 fully saturated rings. The van der Waals surface area contributed by atoms with Gasteiger partial charge in [-0.25, -0.2) is 0 Å². The minimum atomic E-state index is -0.215. The van der Waals surface area contributed by atoms with E-state index in [1.54, 1.807) is 5.57 Å². The predicted octanol–water partition coefficient (Wildman–Crippen LogP) is 4.86. The molecule has 2 atom stereocenters. The van der Waals surface area contributed by atoms with Gasteiger partial charge in [0.25, 0.3) is 0 Å². The van der Waals surface area contributed by atoms with Crippen LogP contribution in [0, 0.1) is 11.8 Å². The van der Waals surface area contributed by atoms with Gasteiger partial charge in [0.05, 0.1) is 19.8 Å². The molecular formula is C22H30O3. The first-order valence-corrected chi connectivity index (χ1v) is 9.92. The van der Waals surface area contributed by atoms with Crippen LogP contribution in [0.3, 0.4) is 0 Å². The second-order valence-corrected chi connectivity index (χ2v) is 7.82. The molecule has 1 saturated carbocycles. The molecular weight excluding hydrogens is 312 g/mol. The molecule has 1 spiro atoms. The van der Waals surface area contributed by atoms with E-state index in [4.69, 9.17) is 14.2 Å². The maximum absolute atomic E-state index is 5.88. The fourth-order valence-corrected chi connectivity index (χ4v) is 4.70. The molecule has 4 rings (SSSR count). The topological polar surface area (TPSA) is 27.7 Å². The highest BCUT2D eigenvalue weighted by atomic mass is 16.7. The maximum Gasteiger partial charge on any atom is 0.169 e. The van der Waals surface area contributed by atoms with Crippen molar-refractivity contribution in [3.8, 4) is 0 Å². The smallest absolute Gasteiger partial charge is 0.169 e. The summed E-state index contributed by atoms with van der Waals surface area (Å²) in [7, 11) is 0. The van der Waals surface area contributed by atoms with Crippen molar-refractivity contribution in [2.24, 2.45) is 11.8 Å². The van der Waals surface area contributed by atoms with Crippen molar-refractivity contribution < 1.29 is 14.2 Å². The minimum Gasteiger partial charge on any atom is -0.377 e. The number of fused-ring (bicyclic) bond motifs is 1. The van der Waals surface area contributed by atoms with Crippen molar-refractivity contribution in [1.29, 1.82) is 0 Å². The molecule has 0 N–H and O–H groups in total. The molecule has 0 unspecified atom stereocenters. The fraction of sp³-hybridized carbons (Fsp3) is 0.636.